The fourth-order valence-corrected chi connectivity index (χ4v) is 3.33. The minimum Gasteiger partial charge on any atom is -0.493 e. The maximum Gasteiger partial charge on any atom is 0.224 e. The zero-order chi connectivity index (χ0) is 17.8. The van der Waals surface area contributed by atoms with Crippen molar-refractivity contribution in [2.75, 3.05) is 19.5 Å². The van der Waals surface area contributed by atoms with Crippen molar-refractivity contribution in [2.24, 2.45) is 0 Å². The molecule has 0 saturated carbocycles. The second kappa shape index (κ2) is 7.27. The second-order valence-electron chi connectivity index (χ2n) is 6.09. The number of hydrogen-bond donors (Lipinski definition) is 1. The molecular formula is C20H20N2O3. The number of rotatable bonds is 5. The van der Waals surface area contributed by atoms with E-state index in [4.69, 9.17) is 14.7 Å². The highest BCUT2D eigenvalue weighted by atomic mass is 16.5. The van der Waals surface area contributed by atoms with Gasteiger partial charge in [-0.15, -0.1) is 0 Å². The highest BCUT2D eigenvalue weighted by Crippen LogP contribution is 2.41. The minimum absolute atomic E-state index is 0.0530. The van der Waals surface area contributed by atoms with Gasteiger partial charge in [0.15, 0.2) is 11.5 Å². The predicted octanol–water partition coefficient (Wildman–Crippen LogP) is 3.63. The van der Waals surface area contributed by atoms with Gasteiger partial charge in [-0.1, -0.05) is 6.07 Å². The lowest BCUT2D eigenvalue weighted by Crippen LogP contribution is -2.14. The second-order valence-corrected chi connectivity index (χ2v) is 6.09. The first-order valence-corrected chi connectivity index (χ1v) is 8.19. The number of nitriles is 1. The van der Waals surface area contributed by atoms with Crippen molar-refractivity contribution in [3.05, 3.63) is 53.1 Å². The summed E-state index contributed by atoms with van der Waals surface area (Å²) < 4.78 is 10.7. The summed E-state index contributed by atoms with van der Waals surface area (Å²) in [5.74, 6) is 1.52. The van der Waals surface area contributed by atoms with E-state index in [0.29, 0.717) is 23.4 Å². The first kappa shape index (κ1) is 16.8. The smallest absolute Gasteiger partial charge is 0.224 e. The van der Waals surface area contributed by atoms with Gasteiger partial charge in [0.25, 0.3) is 0 Å². The van der Waals surface area contributed by atoms with Gasteiger partial charge in [0.2, 0.25) is 5.91 Å². The molecule has 1 N–H and O–H groups in total. The highest BCUT2D eigenvalue weighted by Gasteiger charge is 2.27. The van der Waals surface area contributed by atoms with E-state index >= 15 is 0 Å². The van der Waals surface area contributed by atoms with Crippen LogP contribution in [0.5, 0.6) is 11.5 Å². The summed E-state index contributed by atoms with van der Waals surface area (Å²) >= 11 is 0. The summed E-state index contributed by atoms with van der Waals surface area (Å²) in [6.45, 7) is 0. The molecule has 0 spiro atoms. The third-order valence-corrected chi connectivity index (χ3v) is 4.55. The van der Waals surface area contributed by atoms with E-state index in [-0.39, 0.29) is 11.8 Å². The molecule has 5 heteroatoms. The van der Waals surface area contributed by atoms with E-state index in [0.717, 1.165) is 24.2 Å². The Kier molecular flexibility index (Phi) is 4.90. The fourth-order valence-electron chi connectivity index (χ4n) is 3.33. The number of carbonyl (C=O) groups is 1. The van der Waals surface area contributed by atoms with Crippen LogP contribution in [0, 0.1) is 11.3 Å². The molecule has 1 aliphatic carbocycles. The first-order chi connectivity index (χ1) is 12.1. The Morgan fingerprint density at radius 3 is 2.72 bits per heavy atom. The predicted molar refractivity (Wildman–Crippen MR) is 95.0 cm³/mol. The van der Waals surface area contributed by atoms with Crippen LogP contribution in [-0.2, 0) is 11.2 Å². The summed E-state index contributed by atoms with van der Waals surface area (Å²) in [5, 5.41) is 11.8. The summed E-state index contributed by atoms with van der Waals surface area (Å²) in [5.41, 5.74) is 3.54. The summed E-state index contributed by atoms with van der Waals surface area (Å²) in [6.07, 6.45) is 2.26. The average Bonchev–Trinajstić information content (AvgIpc) is 3.02. The number of fused-ring (bicyclic) bond motifs is 1. The quantitative estimate of drug-likeness (QED) is 0.905. The van der Waals surface area contributed by atoms with Crippen LogP contribution in [0.25, 0.3) is 0 Å². The zero-order valence-corrected chi connectivity index (χ0v) is 14.3. The topological polar surface area (TPSA) is 71.3 Å². The standard InChI is InChI=1S/C20H20N2O3/c1-24-18-9-14-6-7-15(17(14)11-19(18)25-2)10-20(23)22-16-5-3-4-13(8-16)12-21/h3-5,8-9,11,15H,6-7,10H2,1-2H3,(H,22,23). The normalized spacial score (nSPS) is 15.2. The third-order valence-electron chi connectivity index (χ3n) is 4.55. The molecule has 1 atom stereocenters. The first-order valence-electron chi connectivity index (χ1n) is 8.19. The Morgan fingerprint density at radius 2 is 2.00 bits per heavy atom. The van der Waals surface area contributed by atoms with E-state index in [1.54, 1.807) is 38.5 Å². The molecule has 1 unspecified atom stereocenters. The Morgan fingerprint density at radius 1 is 1.24 bits per heavy atom. The molecule has 0 aromatic heterocycles. The maximum absolute atomic E-state index is 12.4. The van der Waals surface area contributed by atoms with E-state index < -0.39 is 0 Å². The van der Waals surface area contributed by atoms with Gasteiger partial charge in [-0.3, -0.25) is 4.79 Å². The van der Waals surface area contributed by atoms with Crippen LogP contribution in [0.1, 0.15) is 35.4 Å². The molecule has 0 radical (unpaired) electrons. The van der Waals surface area contributed by atoms with Crippen LogP contribution in [0.2, 0.25) is 0 Å². The van der Waals surface area contributed by atoms with Crippen LogP contribution < -0.4 is 14.8 Å². The van der Waals surface area contributed by atoms with Gasteiger partial charge in [-0.25, -0.2) is 0 Å². The van der Waals surface area contributed by atoms with E-state index in [1.165, 1.54) is 5.56 Å². The summed E-state index contributed by atoms with van der Waals surface area (Å²) in [4.78, 5) is 12.4. The fraction of sp³-hybridized carbons (Fsp3) is 0.300. The number of hydrogen-bond acceptors (Lipinski definition) is 4. The molecule has 3 rings (SSSR count). The van der Waals surface area contributed by atoms with Gasteiger partial charge in [-0.05, 0) is 60.2 Å². The monoisotopic (exact) mass is 336 g/mol. The Balaban J connectivity index is 1.73. The minimum atomic E-state index is -0.0530. The largest absolute Gasteiger partial charge is 0.493 e. The summed E-state index contributed by atoms with van der Waals surface area (Å²) in [7, 11) is 3.24. The van der Waals surface area contributed by atoms with Crippen molar-refractivity contribution in [2.45, 2.75) is 25.2 Å². The zero-order valence-electron chi connectivity index (χ0n) is 14.3. The van der Waals surface area contributed by atoms with Crippen LogP contribution in [0.4, 0.5) is 5.69 Å². The maximum atomic E-state index is 12.4. The molecule has 5 nitrogen and oxygen atoms in total. The van der Waals surface area contributed by atoms with Gasteiger partial charge < -0.3 is 14.8 Å². The lowest BCUT2D eigenvalue weighted by Gasteiger charge is -2.15. The van der Waals surface area contributed by atoms with E-state index in [2.05, 4.69) is 11.4 Å². The van der Waals surface area contributed by atoms with Crippen molar-refractivity contribution in [3.8, 4) is 17.6 Å². The molecule has 2 aromatic rings. The average molecular weight is 336 g/mol. The van der Waals surface area contributed by atoms with Crippen molar-refractivity contribution < 1.29 is 14.3 Å². The number of benzene rings is 2. The number of carbonyl (C=O) groups excluding carboxylic acids is 1. The number of methoxy groups -OCH3 is 2. The molecule has 2 aromatic carbocycles. The number of aryl methyl sites for hydroxylation is 1. The lowest BCUT2D eigenvalue weighted by molar-refractivity contribution is -0.116. The summed E-state index contributed by atoms with van der Waals surface area (Å²) in [6, 6.07) is 13.0. The van der Waals surface area contributed by atoms with Gasteiger partial charge in [-0.2, -0.15) is 5.26 Å². The molecule has 1 amide bonds. The highest BCUT2D eigenvalue weighted by molar-refractivity contribution is 5.91. The van der Waals surface area contributed by atoms with Crippen LogP contribution in [-0.4, -0.2) is 20.1 Å². The van der Waals surface area contributed by atoms with Crippen molar-refractivity contribution in [1.82, 2.24) is 0 Å². The Bertz CT molecular complexity index is 839. The number of nitrogens with zero attached hydrogens (tertiary/aromatic N) is 1. The third kappa shape index (κ3) is 3.58. The lowest BCUT2D eigenvalue weighted by atomic mass is 9.97. The van der Waals surface area contributed by atoms with Crippen molar-refractivity contribution in [3.63, 3.8) is 0 Å². The molecule has 0 aliphatic heterocycles. The SMILES string of the molecule is COc1cc2c(cc1OC)C(CC(=O)Nc1cccc(C#N)c1)CC2. The molecule has 0 fully saturated rings. The van der Waals surface area contributed by atoms with E-state index in [1.807, 2.05) is 12.1 Å². The van der Waals surface area contributed by atoms with Crippen LogP contribution >= 0.6 is 0 Å². The van der Waals surface area contributed by atoms with Crippen LogP contribution in [0.15, 0.2) is 36.4 Å². The number of ether oxygens (including phenoxy) is 2. The van der Waals surface area contributed by atoms with Gasteiger partial charge in [0, 0.05) is 12.1 Å². The Hall–Kier alpha value is -3.00. The van der Waals surface area contributed by atoms with Crippen LogP contribution in [0.3, 0.4) is 0 Å². The molecule has 0 bridgehead atoms. The van der Waals surface area contributed by atoms with Gasteiger partial charge >= 0.3 is 0 Å². The number of nitrogens with one attached hydrogen (secondary N) is 1. The number of anilines is 1. The molecule has 1 aliphatic rings. The molecule has 128 valence electrons. The molecular weight excluding hydrogens is 316 g/mol. The molecule has 0 saturated heterocycles. The Labute approximate surface area is 147 Å². The molecule has 0 heterocycles. The molecule has 25 heavy (non-hydrogen) atoms. The van der Waals surface area contributed by atoms with E-state index in [9.17, 15) is 4.79 Å². The van der Waals surface area contributed by atoms with Gasteiger partial charge in [0.05, 0.1) is 25.9 Å². The van der Waals surface area contributed by atoms with Crippen molar-refractivity contribution >= 4 is 11.6 Å². The van der Waals surface area contributed by atoms with Crippen molar-refractivity contribution in [1.29, 1.82) is 5.26 Å². The van der Waals surface area contributed by atoms with Gasteiger partial charge in [0.1, 0.15) is 0 Å². The number of amides is 1.